The van der Waals surface area contributed by atoms with E-state index < -0.39 is 0 Å². The summed E-state index contributed by atoms with van der Waals surface area (Å²) < 4.78 is 11.5. The molecule has 0 radical (unpaired) electrons. The molecule has 0 N–H and O–H groups in total. The summed E-state index contributed by atoms with van der Waals surface area (Å²) in [7, 11) is 0. The van der Waals surface area contributed by atoms with Crippen LogP contribution in [0.15, 0.2) is 18.2 Å². The van der Waals surface area contributed by atoms with E-state index in [1.54, 1.807) is 29.5 Å². The van der Waals surface area contributed by atoms with Crippen molar-refractivity contribution in [3.63, 3.8) is 0 Å². The van der Waals surface area contributed by atoms with E-state index in [0.717, 1.165) is 47.9 Å². The second-order valence-corrected chi connectivity index (χ2v) is 8.52. The van der Waals surface area contributed by atoms with Crippen molar-refractivity contribution in [2.45, 2.75) is 20.4 Å². The molecule has 3 heterocycles. The van der Waals surface area contributed by atoms with Gasteiger partial charge in [0.25, 0.3) is 0 Å². The van der Waals surface area contributed by atoms with Gasteiger partial charge in [0.2, 0.25) is 5.88 Å². The first kappa shape index (κ1) is 18.9. The number of benzene rings is 1. The van der Waals surface area contributed by atoms with Crippen LogP contribution in [0.1, 0.15) is 16.3 Å². The summed E-state index contributed by atoms with van der Waals surface area (Å²) in [5.74, 6) is 1.81. The van der Waals surface area contributed by atoms with E-state index in [4.69, 9.17) is 42.6 Å². The molecule has 0 aliphatic carbocycles. The minimum absolute atomic E-state index is 0.452. The van der Waals surface area contributed by atoms with Gasteiger partial charge in [-0.15, -0.1) is 11.3 Å². The number of morpholine rings is 1. The zero-order valence-electron chi connectivity index (χ0n) is 15.1. The Balaban J connectivity index is 1.74. The highest BCUT2D eigenvalue weighted by atomic mass is 35.5. The Hall–Kier alpha value is -1.44. The van der Waals surface area contributed by atoms with Gasteiger partial charge in [-0.3, -0.25) is 4.90 Å². The van der Waals surface area contributed by atoms with Crippen LogP contribution in [-0.4, -0.2) is 41.2 Å². The highest BCUT2D eigenvalue weighted by Gasteiger charge is 2.19. The van der Waals surface area contributed by atoms with E-state index in [-0.39, 0.29) is 0 Å². The molecule has 0 amide bonds. The maximum Gasteiger partial charge on any atom is 0.231 e. The van der Waals surface area contributed by atoms with Crippen LogP contribution in [-0.2, 0) is 11.3 Å². The van der Waals surface area contributed by atoms with E-state index >= 15 is 0 Å². The van der Waals surface area contributed by atoms with Crippen LogP contribution in [0.25, 0.3) is 10.2 Å². The van der Waals surface area contributed by atoms with E-state index in [1.807, 2.05) is 0 Å². The SMILES string of the molecule is Cc1sc2nc(CN3CCOCC3)nc(Oc3ccc(Cl)cc3Cl)c2c1C. The van der Waals surface area contributed by atoms with Gasteiger partial charge in [0.1, 0.15) is 16.4 Å². The van der Waals surface area contributed by atoms with Crippen molar-refractivity contribution in [3.8, 4) is 11.6 Å². The lowest BCUT2D eigenvalue weighted by molar-refractivity contribution is 0.0330. The lowest BCUT2D eigenvalue weighted by atomic mass is 10.2. The molecule has 0 saturated carbocycles. The first-order valence-electron chi connectivity index (χ1n) is 8.71. The number of hydrogen-bond donors (Lipinski definition) is 0. The quantitative estimate of drug-likeness (QED) is 0.573. The Morgan fingerprint density at radius 3 is 2.70 bits per heavy atom. The average molecular weight is 424 g/mol. The van der Waals surface area contributed by atoms with Gasteiger partial charge in [-0.25, -0.2) is 4.98 Å². The van der Waals surface area contributed by atoms with Gasteiger partial charge in [-0.2, -0.15) is 4.98 Å². The maximum absolute atomic E-state index is 6.30. The van der Waals surface area contributed by atoms with Gasteiger partial charge >= 0.3 is 0 Å². The molecule has 1 aromatic carbocycles. The molecule has 4 rings (SSSR count). The lowest BCUT2D eigenvalue weighted by Gasteiger charge is -2.25. The van der Waals surface area contributed by atoms with Crippen LogP contribution >= 0.6 is 34.5 Å². The van der Waals surface area contributed by atoms with Crippen molar-refractivity contribution in [1.29, 1.82) is 0 Å². The number of rotatable bonds is 4. The first-order valence-corrected chi connectivity index (χ1v) is 10.3. The molecule has 27 heavy (non-hydrogen) atoms. The van der Waals surface area contributed by atoms with Gasteiger partial charge in [-0.05, 0) is 37.6 Å². The molecule has 0 bridgehead atoms. The van der Waals surface area contributed by atoms with E-state index in [1.165, 1.54) is 4.88 Å². The highest BCUT2D eigenvalue weighted by molar-refractivity contribution is 7.18. The van der Waals surface area contributed by atoms with Crippen molar-refractivity contribution >= 4 is 44.8 Å². The highest BCUT2D eigenvalue weighted by Crippen LogP contribution is 2.38. The number of aryl methyl sites for hydroxylation is 2. The Bertz CT molecular complexity index is 987. The summed E-state index contributed by atoms with van der Waals surface area (Å²) in [5.41, 5.74) is 1.13. The summed E-state index contributed by atoms with van der Waals surface area (Å²) >= 11 is 14.0. The number of thiophene rings is 1. The Morgan fingerprint density at radius 1 is 1.19 bits per heavy atom. The normalized spacial score (nSPS) is 15.4. The van der Waals surface area contributed by atoms with Crippen molar-refractivity contribution in [2.75, 3.05) is 26.3 Å². The summed E-state index contributed by atoms with van der Waals surface area (Å²) in [6, 6.07) is 5.17. The number of ether oxygens (including phenoxy) is 2. The molecular formula is C19H19Cl2N3O2S. The number of fused-ring (bicyclic) bond motifs is 1. The van der Waals surface area contributed by atoms with Crippen LogP contribution in [0, 0.1) is 13.8 Å². The molecule has 8 heteroatoms. The molecule has 0 spiro atoms. The third kappa shape index (κ3) is 4.05. The lowest BCUT2D eigenvalue weighted by Crippen LogP contribution is -2.36. The largest absolute Gasteiger partial charge is 0.437 e. The Kier molecular flexibility index (Phi) is 5.53. The third-order valence-corrected chi connectivity index (χ3v) is 6.24. The van der Waals surface area contributed by atoms with Crippen LogP contribution in [0.4, 0.5) is 0 Å². The van der Waals surface area contributed by atoms with E-state index in [9.17, 15) is 0 Å². The zero-order valence-corrected chi connectivity index (χ0v) is 17.4. The fourth-order valence-electron chi connectivity index (χ4n) is 3.02. The molecule has 1 fully saturated rings. The fourth-order valence-corrected chi connectivity index (χ4v) is 4.51. The second-order valence-electron chi connectivity index (χ2n) is 6.47. The van der Waals surface area contributed by atoms with Crippen molar-refractivity contribution in [3.05, 3.63) is 44.5 Å². The van der Waals surface area contributed by atoms with Crippen LogP contribution < -0.4 is 4.74 Å². The molecule has 0 atom stereocenters. The number of nitrogens with zero attached hydrogens (tertiary/aromatic N) is 3. The molecule has 0 unspecified atom stereocenters. The second kappa shape index (κ2) is 7.89. The summed E-state index contributed by atoms with van der Waals surface area (Å²) in [6.07, 6.45) is 0. The summed E-state index contributed by atoms with van der Waals surface area (Å²) in [4.78, 5) is 13.9. The molecule has 1 aliphatic rings. The molecule has 1 aliphatic heterocycles. The van der Waals surface area contributed by atoms with E-state index in [0.29, 0.717) is 28.2 Å². The van der Waals surface area contributed by atoms with Gasteiger partial charge < -0.3 is 9.47 Å². The molecular weight excluding hydrogens is 405 g/mol. The fraction of sp³-hybridized carbons (Fsp3) is 0.368. The third-order valence-electron chi connectivity index (χ3n) is 4.61. The average Bonchev–Trinajstić information content (AvgIpc) is 2.92. The smallest absolute Gasteiger partial charge is 0.231 e. The molecule has 1 saturated heterocycles. The van der Waals surface area contributed by atoms with Crippen molar-refractivity contribution in [2.24, 2.45) is 0 Å². The Morgan fingerprint density at radius 2 is 1.96 bits per heavy atom. The summed E-state index contributed by atoms with van der Waals surface area (Å²) in [5, 5.41) is 1.96. The number of aromatic nitrogens is 2. The van der Waals surface area contributed by atoms with Gasteiger partial charge in [0.15, 0.2) is 0 Å². The maximum atomic E-state index is 6.30. The van der Waals surface area contributed by atoms with Crippen LogP contribution in [0.3, 0.4) is 0 Å². The number of halogens is 2. The molecule has 2 aromatic heterocycles. The minimum Gasteiger partial charge on any atom is -0.437 e. The van der Waals surface area contributed by atoms with Crippen molar-refractivity contribution in [1.82, 2.24) is 14.9 Å². The van der Waals surface area contributed by atoms with Gasteiger partial charge in [-0.1, -0.05) is 23.2 Å². The predicted molar refractivity (Wildman–Crippen MR) is 110 cm³/mol. The van der Waals surface area contributed by atoms with E-state index in [2.05, 4.69) is 18.7 Å². The van der Waals surface area contributed by atoms with Gasteiger partial charge in [0.05, 0.1) is 30.2 Å². The molecule has 5 nitrogen and oxygen atoms in total. The van der Waals surface area contributed by atoms with Gasteiger partial charge in [0, 0.05) is 23.0 Å². The topological polar surface area (TPSA) is 47.5 Å². The van der Waals surface area contributed by atoms with Crippen LogP contribution in [0.2, 0.25) is 10.0 Å². The minimum atomic E-state index is 0.452. The van der Waals surface area contributed by atoms with Crippen LogP contribution in [0.5, 0.6) is 11.6 Å². The first-order chi connectivity index (χ1) is 13.0. The molecule has 3 aromatic rings. The number of hydrogen-bond acceptors (Lipinski definition) is 6. The van der Waals surface area contributed by atoms with Crippen molar-refractivity contribution < 1.29 is 9.47 Å². The molecule has 142 valence electrons. The predicted octanol–water partition coefficient (Wildman–Crippen LogP) is 5.24. The zero-order chi connectivity index (χ0) is 19.0. The Labute approximate surface area is 171 Å². The monoisotopic (exact) mass is 423 g/mol. The standard InChI is InChI=1S/C19H19Cl2N3O2S/c1-11-12(2)27-19-17(11)18(26-15-4-3-13(20)9-14(15)21)22-16(23-19)10-24-5-7-25-8-6-24/h3-4,9H,5-8,10H2,1-2H3. The summed E-state index contributed by atoms with van der Waals surface area (Å²) in [6.45, 7) is 8.05.